The molecule has 8 heteroatoms. The van der Waals surface area contributed by atoms with Gasteiger partial charge in [0.15, 0.2) is 5.82 Å². The second kappa shape index (κ2) is 7.15. The summed E-state index contributed by atoms with van der Waals surface area (Å²) in [6.45, 7) is 8.10. The van der Waals surface area contributed by atoms with Crippen LogP contribution in [0.3, 0.4) is 0 Å². The number of fused-ring (bicyclic) bond motifs is 1. The average Bonchev–Trinajstić information content (AvgIpc) is 3.27. The van der Waals surface area contributed by atoms with Gasteiger partial charge in [0.25, 0.3) is 0 Å². The molecule has 4 rings (SSSR count). The lowest BCUT2D eigenvalue weighted by molar-refractivity contribution is 0.118. The molecule has 0 radical (unpaired) electrons. The van der Waals surface area contributed by atoms with Crippen LogP contribution in [-0.2, 0) is 11.8 Å². The van der Waals surface area contributed by atoms with E-state index in [1.807, 2.05) is 12.4 Å². The second-order valence-corrected chi connectivity index (χ2v) is 8.55. The fourth-order valence-corrected chi connectivity index (χ4v) is 4.77. The first-order valence-corrected chi connectivity index (χ1v) is 10.3. The normalized spacial score (nSPS) is 26.3. The first-order valence-electron chi connectivity index (χ1n) is 9.36. The van der Waals surface area contributed by atoms with Gasteiger partial charge in [-0.15, -0.1) is 11.8 Å². The summed E-state index contributed by atoms with van der Waals surface area (Å²) in [5.74, 6) is 4.01. The number of hydrogen-bond donors (Lipinski definition) is 0. The number of rotatable bonds is 5. The molecule has 140 valence electrons. The van der Waals surface area contributed by atoms with Crippen LogP contribution in [0.2, 0.25) is 0 Å². The Morgan fingerprint density at radius 1 is 1.27 bits per heavy atom. The molecule has 26 heavy (non-hydrogen) atoms. The molecule has 0 spiro atoms. The first kappa shape index (κ1) is 17.7. The summed E-state index contributed by atoms with van der Waals surface area (Å²) in [4.78, 5) is 18.7. The van der Waals surface area contributed by atoms with E-state index in [1.54, 1.807) is 11.8 Å². The molecule has 2 aromatic rings. The van der Waals surface area contributed by atoms with Crippen LogP contribution in [0.5, 0.6) is 0 Å². The van der Waals surface area contributed by atoms with Gasteiger partial charge < -0.3 is 14.3 Å². The van der Waals surface area contributed by atoms with Gasteiger partial charge in [-0.3, -0.25) is 4.98 Å². The van der Waals surface area contributed by atoms with Gasteiger partial charge in [-0.05, 0) is 25.8 Å². The van der Waals surface area contributed by atoms with E-state index < -0.39 is 0 Å². The van der Waals surface area contributed by atoms with E-state index in [4.69, 9.17) is 14.5 Å². The lowest BCUT2D eigenvalue weighted by Gasteiger charge is -2.39. The Kier molecular flexibility index (Phi) is 4.88. The topological polar surface area (TPSA) is 71.2 Å². The van der Waals surface area contributed by atoms with E-state index in [-0.39, 0.29) is 5.41 Å². The number of nitrogens with zero attached hydrogens (tertiary/aromatic N) is 6. The molecule has 0 amide bonds. The summed E-state index contributed by atoms with van der Waals surface area (Å²) in [7, 11) is 2.19. The highest BCUT2D eigenvalue weighted by Crippen LogP contribution is 2.45. The zero-order valence-corrected chi connectivity index (χ0v) is 16.5. The van der Waals surface area contributed by atoms with Crippen molar-refractivity contribution in [3.63, 3.8) is 0 Å². The van der Waals surface area contributed by atoms with Gasteiger partial charge in [-0.1, -0.05) is 19.0 Å². The predicted octanol–water partition coefficient (Wildman–Crippen LogP) is 2.24. The number of likely N-dealkylation sites (tertiary alicyclic amines) is 1. The number of thioether (sulfide) groups is 1. The molecule has 4 heterocycles. The van der Waals surface area contributed by atoms with E-state index in [0.29, 0.717) is 5.92 Å². The van der Waals surface area contributed by atoms with Crippen molar-refractivity contribution < 1.29 is 4.52 Å². The van der Waals surface area contributed by atoms with E-state index in [0.717, 1.165) is 67.3 Å². The van der Waals surface area contributed by atoms with Gasteiger partial charge in [0.2, 0.25) is 5.89 Å². The van der Waals surface area contributed by atoms with Gasteiger partial charge in [-0.25, -0.2) is 4.98 Å². The third-order valence-corrected chi connectivity index (χ3v) is 6.37. The van der Waals surface area contributed by atoms with Crippen LogP contribution >= 0.6 is 11.8 Å². The van der Waals surface area contributed by atoms with Gasteiger partial charge in [0, 0.05) is 32.0 Å². The fourth-order valence-electron chi connectivity index (χ4n) is 4.18. The molecule has 0 bridgehead atoms. The van der Waals surface area contributed by atoms with Crippen molar-refractivity contribution in [2.45, 2.75) is 37.1 Å². The monoisotopic (exact) mass is 374 g/mol. The third-order valence-electron chi connectivity index (χ3n) is 5.59. The minimum Gasteiger partial charge on any atom is -0.354 e. The highest BCUT2D eigenvalue weighted by molar-refractivity contribution is 7.99. The predicted molar refractivity (Wildman–Crippen MR) is 102 cm³/mol. The quantitative estimate of drug-likeness (QED) is 0.738. The lowest BCUT2D eigenvalue weighted by atomic mass is 9.72. The molecular formula is C18H26N6OS. The minimum atomic E-state index is -0.0808. The van der Waals surface area contributed by atoms with Crippen molar-refractivity contribution in [3.8, 4) is 0 Å². The third kappa shape index (κ3) is 3.09. The molecule has 2 aliphatic rings. The smallest absolute Gasteiger partial charge is 0.235 e. The SMILES string of the molecule is CCSc1cncc(N2C[C@@H]3CN(C)CC[C@]3(c3nc(CC)no3)C2)n1. The van der Waals surface area contributed by atoms with Crippen molar-refractivity contribution in [1.82, 2.24) is 25.0 Å². The highest BCUT2D eigenvalue weighted by Gasteiger charge is 2.54. The highest BCUT2D eigenvalue weighted by atomic mass is 32.2. The fraction of sp³-hybridized carbons (Fsp3) is 0.667. The summed E-state index contributed by atoms with van der Waals surface area (Å²) >= 11 is 1.73. The number of aryl methyl sites for hydroxylation is 1. The Balaban J connectivity index is 1.66. The second-order valence-electron chi connectivity index (χ2n) is 7.26. The Hall–Kier alpha value is -1.67. The molecule has 0 aromatic carbocycles. The summed E-state index contributed by atoms with van der Waals surface area (Å²) in [6, 6.07) is 0. The van der Waals surface area contributed by atoms with E-state index >= 15 is 0 Å². The largest absolute Gasteiger partial charge is 0.354 e. The van der Waals surface area contributed by atoms with Crippen molar-refractivity contribution in [2.24, 2.45) is 5.92 Å². The Labute approximate surface area is 158 Å². The number of aromatic nitrogens is 4. The van der Waals surface area contributed by atoms with E-state index in [1.165, 1.54) is 0 Å². The molecule has 2 saturated heterocycles. The van der Waals surface area contributed by atoms with Crippen molar-refractivity contribution in [3.05, 3.63) is 24.1 Å². The molecule has 7 nitrogen and oxygen atoms in total. The van der Waals surface area contributed by atoms with Crippen LogP contribution < -0.4 is 4.90 Å². The summed E-state index contributed by atoms with van der Waals surface area (Å²) in [6.07, 6.45) is 5.55. The maximum atomic E-state index is 5.73. The van der Waals surface area contributed by atoms with Crippen molar-refractivity contribution in [1.29, 1.82) is 0 Å². The van der Waals surface area contributed by atoms with Crippen LogP contribution in [0.25, 0.3) is 0 Å². The van der Waals surface area contributed by atoms with E-state index in [9.17, 15) is 0 Å². The minimum absolute atomic E-state index is 0.0808. The lowest BCUT2D eigenvalue weighted by Crippen LogP contribution is -2.48. The Morgan fingerprint density at radius 3 is 2.92 bits per heavy atom. The maximum Gasteiger partial charge on any atom is 0.235 e. The van der Waals surface area contributed by atoms with Crippen molar-refractivity contribution in [2.75, 3.05) is 43.9 Å². The molecule has 0 N–H and O–H groups in total. The molecule has 2 aliphatic heterocycles. The van der Waals surface area contributed by atoms with Crippen LogP contribution in [0, 0.1) is 5.92 Å². The standard InChI is InChI=1S/C18H26N6OS/c1-4-14-20-17(25-22-14)18-6-7-23(3)10-13(18)11-24(12-18)15-8-19-9-16(21-15)26-5-2/h8-9,13H,4-7,10-12H2,1-3H3/t13-,18-/m0/s1. The first-order chi connectivity index (χ1) is 12.6. The van der Waals surface area contributed by atoms with Gasteiger partial charge in [-0.2, -0.15) is 4.98 Å². The molecule has 0 aliphatic carbocycles. The van der Waals surface area contributed by atoms with Crippen LogP contribution in [-0.4, -0.2) is 64.0 Å². The van der Waals surface area contributed by atoms with Crippen LogP contribution in [0.4, 0.5) is 5.82 Å². The maximum absolute atomic E-state index is 5.73. The number of hydrogen-bond acceptors (Lipinski definition) is 8. The molecule has 2 atom stereocenters. The van der Waals surface area contributed by atoms with Crippen LogP contribution in [0.15, 0.2) is 21.9 Å². The molecule has 2 aromatic heterocycles. The molecular weight excluding hydrogens is 348 g/mol. The summed E-state index contributed by atoms with van der Waals surface area (Å²) < 4.78 is 5.73. The Bertz CT molecular complexity index is 768. The summed E-state index contributed by atoms with van der Waals surface area (Å²) in [5, 5.41) is 5.15. The number of piperidine rings is 1. The Morgan fingerprint density at radius 2 is 2.15 bits per heavy atom. The zero-order valence-electron chi connectivity index (χ0n) is 15.7. The molecule has 0 saturated carbocycles. The average molecular weight is 375 g/mol. The van der Waals surface area contributed by atoms with Gasteiger partial charge >= 0.3 is 0 Å². The van der Waals surface area contributed by atoms with Crippen molar-refractivity contribution >= 4 is 17.6 Å². The van der Waals surface area contributed by atoms with E-state index in [2.05, 4.69) is 40.8 Å². The molecule has 0 unspecified atom stereocenters. The van der Waals surface area contributed by atoms with Crippen LogP contribution in [0.1, 0.15) is 32.0 Å². The summed E-state index contributed by atoms with van der Waals surface area (Å²) in [5.41, 5.74) is -0.0808. The van der Waals surface area contributed by atoms with Gasteiger partial charge in [0.05, 0.1) is 17.8 Å². The molecule has 2 fully saturated rings. The zero-order chi connectivity index (χ0) is 18.1. The van der Waals surface area contributed by atoms with Gasteiger partial charge in [0.1, 0.15) is 10.8 Å². The number of anilines is 1.